The molecule has 2 aromatic heterocycles. The highest BCUT2D eigenvalue weighted by atomic mass is 32.2. The molecule has 0 aliphatic carbocycles. The van der Waals surface area contributed by atoms with Crippen LogP contribution in [-0.2, 0) is 9.84 Å². The van der Waals surface area contributed by atoms with Gasteiger partial charge in [0.1, 0.15) is 11.3 Å². The number of hydrogen-bond acceptors (Lipinski definition) is 5. The summed E-state index contributed by atoms with van der Waals surface area (Å²) in [6.07, 6.45) is 2.79. The number of nitrogens with one attached hydrogen (secondary N) is 1. The normalized spacial score (nSPS) is 11.7. The minimum atomic E-state index is -3.34. The summed E-state index contributed by atoms with van der Waals surface area (Å²) >= 11 is 0. The number of imidazole rings is 1. The van der Waals surface area contributed by atoms with Crippen LogP contribution >= 0.6 is 0 Å². The van der Waals surface area contributed by atoms with Gasteiger partial charge in [0.05, 0.1) is 23.1 Å². The molecule has 3 rings (SSSR count). The van der Waals surface area contributed by atoms with Gasteiger partial charge in [-0.25, -0.2) is 18.4 Å². The van der Waals surface area contributed by atoms with Crippen molar-refractivity contribution in [2.24, 2.45) is 0 Å². The van der Waals surface area contributed by atoms with Gasteiger partial charge >= 0.3 is 0 Å². The summed E-state index contributed by atoms with van der Waals surface area (Å²) in [5.41, 5.74) is 1.75. The van der Waals surface area contributed by atoms with Crippen LogP contribution in [-0.4, -0.2) is 36.7 Å². The van der Waals surface area contributed by atoms with Gasteiger partial charge in [-0.2, -0.15) is 0 Å². The predicted molar refractivity (Wildman–Crippen MR) is 79.0 cm³/mol. The average Bonchev–Trinajstić information content (AvgIpc) is 2.89. The zero-order valence-electron chi connectivity index (χ0n) is 11.5. The van der Waals surface area contributed by atoms with E-state index in [1.165, 1.54) is 13.4 Å². The molecular formula is C14H13N3O3S. The molecule has 0 unspecified atom stereocenters. The molecule has 21 heavy (non-hydrogen) atoms. The minimum absolute atomic E-state index is 0.199. The maximum Gasteiger partial charge on any atom is 0.224 e. The minimum Gasteiger partial charge on any atom is -0.480 e. The Morgan fingerprint density at radius 2 is 2.00 bits per heavy atom. The first-order valence-electron chi connectivity index (χ1n) is 6.19. The Bertz CT molecular complexity index is 916. The lowest BCUT2D eigenvalue weighted by atomic mass is 10.2. The number of rotatable bonds is 3. The van der Waals surface area contributed by atoms with E-state index in [2.05, 4.69) is 15.0 Å². The number of sulfone groups is 1. The number of para-hydroxylation sites is 1. The Balaban J connectivity index is 2.27. The summed E-state index contributed by atoms with van der Waals surface area (Å²) in [4.78, 5) is 11.8. The summed E-state index contributed by atoms with van der Waals surface area (Å²) in [6, 6.07) is 8.58. The number of ether oxygens (including phenoxy) is 1. The largest absolute Gasteiger partial charge is 0.480 e. The van der Waals surface area contributed by atoms with Gasteiger partial charge in [-0.05, 0) is 24.3 Å². The van der Waals surface area contributed by atoms with Crippen LogP contribution in [0.1, 0.15) is 0 Å². The van der Waals surface area contributed by atoms with Gasteiger partial charge in [0.2, 0.25) is 5.88 Å². The van der Waals surface area contributed by atoms with E-state index in [0.717, 1.165) is 0 Å². The molecule has 2 heterocycles. The third kappa shape index (κ3) is 2.36. The summed E-state index contributed by atoms with van der Waals surface area (Å²) in [6.45, 7) is 0. The lowest BCUT2D eigenvalue weighted by Crippen LogP contribution is -1.97. The fourth-order valence-electron chi connectivity index (χ4n) is 2.17. The molecule has 1 aromatic carbocycles. The van der Waals surface area contributed by atoms with Gasteiger partial charge in [0.25, 0.3) is 0 Å². The van der Waals surface area contributed by atoms with Crippen molar-refractivity contribution >= 4 is 20.9 Å². The molecule has 1 N–H and O–H groups in total. The van der Waals surface area contributed by atoms with Crippen LogP contribution in [0.4, 0.5) is 0 Å². The van der Waals surface area contributed by atoms with Crippen molar-refractivity contribution < 1.29 is 13.2 Å². The summed E-state index contributed by atoms with van der Waals surface area (Å²) < 4.78 is 28.9. The van der Waals surface area contributed by atoms with Crippen LogP contribution in [0.5, 0.6) is 5.88 Å². The summed E-state index contributed by atoms with van der Waals surface area (Å²) in [7, 11) is -1.82. The number of hydrogen-bond donors (Lipinski definition) is 1. The van der Waals surface area contributed by atoms with Gasteiger partial charge in [-0.3, -0.25) is 0 Å². The van der Waals surface area contributed by atoms with Gasteiger partial charge in [-0.1, -0.05) is 6.07 Å². The molecular weight excluding hydrogens is 290 g/mol. The average molecular weight is 303 g/mol. The highest BCUT2D eigenvalue weighted by molar-refractivity contribution is 7.91. The Morgan fingerprint density at radius 1 is 1.19 bits per heavy atom. The Labute approximate surface area is 121 Å². The molecule has 0 bridgehead atoms. The molecule has 7 heteroatoms. The van der Waals surface area contributed by atoms with E-state index in [4.69, 9.17) is 4.74 Å². The molecule has 0 amide bonds. The Morgan fingerprint density at radius 3 is 2.71 bits per heavy atom. The molecule has 3 aromatic rings. The van der Waals surface area contributed by atoms with Crippen molar-refractivity contribution in [1.82, 2.24) is 15.0 Å². The first-order valence-corrected chi connectivity index (χ1v) is 8.08. The number of benzene rings is 1. The zero-order chi connectivity index (χ0) is 15.0. The van der Waals surface area contributed by atoms with Crippen LogP contribution in [0.3, 0.4) is 0 Å². The van der Waals surface area contributed by atoms with Crippen molar-refractivity contribution in [2.45, 2.75) is 4.90 Å². The van der Waals surface area contributed by atoms with Gasteiger partial charge in [0, 0.05) is 12.5 Å². The second-order valence-electron chi connectivity index (χ2n) is 4.57. The number of methoxy groups -OCH3 is 1. The molecule has 0 spiro atoms. The third-order valence-electron chi connectivity index (χ3n) is 3.09. The number of H-pyrrole nitrogens is 1. The summed E-state index contributed by atoms with van der Waals surface area (Å²) in [5.74, 6) is 0.948. The molecule has 0 saturated heterocycles. The van der Waals surface area contributed by atoms with Crippen LogP contribution in [0.25, 0.3) is 22.4 Å². The molecule has 0 aliphatic heterocycles. The van der Waals surface area contributed by atoms with Crippen molar-refractivity contribution in [3.05, 3.63) is 36.5 Å². The molecule has 0 saturated carbocycles. The number of nitrogens with zero attached hydrogens (tertiary/aromatic N) is 2. The topological polar surface area (TPSA) is 84.9 Å². The number of aromatic nitrogens is 3. The molecule has 0 fully saturated rings. The second-order valence-corrected chi connectivity index (χ2v) is 6.55. The fraction of sp³-hybridized carbons (Fsp3) is 0.143. The van der Waals surface area contributed by atoms with E-state index < -0.39 is 9.84 Å². The van der Waals surface area contributed by atoms with E-state index in [1.807, 2.05) is 6.07 Å². The highest BCUT2D eigenvalue weighted by Gasteiger charge is 2.17. The fourth-order valence-corrected chi connectivity index (χ4v) is 3.00. The van der Waals surface area contributed by atoms with Crippen LogP contribution in [0.15, 0.2) is 41.4 Å². The van der Waals surface area contributed by atoms with Crippen molar-refractivity contribution in [1.29, 1.82) is 0 Å². The van der Waals surface area contributed by atoms with Crippen molar-refractivity contribution in [2.75, 3.05) is 13.4 Å². The molecule has 0 atom stereocenters. The zero-order valence-corrected chi connectivity index (χ0v) is 12.3. The Kier molecular flexibility index (Phi) is 3.13. The van der Waals surface area contributed by atoms with Gasteiger partial charge in [-0.15, -0.1) is 0 Å². The van der Waals surface area contributed by atoms with Crippen LogP contribution in [0.2, 0.25) is 0 Å². The monoisotopic (exact) mass is 303 g/mol. The summed E-state index contributed by atoms with van der Waals surface area (Å²) in [5, 5.41) is 0. The van der Waals surface area contributed by atoms with Gasteiger partial charge in [0.15, 0.2) is 9.84 Å². The maximum absolute atomic E-state index is 11.8. The van der Waals surface area contributed by atoms with Crippen LogP contribution < -0.4 is 4.74 Å². The second kappa shape index (κ2) is 4.85. The standard InChI is InChI=1S/C14H13N3O3S/c1-20-14-9(5-4-8-15-14)13-16-10-6-3-7-11(12(10)17-13)21(2,18)19/h3-8H,1-2H3,(H,16,17). The lowest BCUT2D eigenvalue weighted by molar-refractivity contribution is 0.399. The predicted octanol–water partition coefficient (Wildman–Crippen LogP) is 2.04. The van der Waals surface area contributed by atoms with E-state index in [-0.39, 0.29) is 4.90 Å². The number of pyridine rings is 1. The molecule has 0 aliphatic rings. The number of aromatic amines is 1. The quantitative estimate of drug-likeness (QED) is 0.800. The maximum atomic E-state index is 11.8. The lowest BCUT2D eigenvalue weighted by Gasteiger charge is -2.03. The van der Waals surface area contributed by atoms with E-state index in [1.54, 1.807) is 30.5 Å². The third-order valence-corrected chi connectivity index (χ3v) is 4.22. The first-order chi connectivity index (χ1) is 10.0. The SMILES string of the molecule is COc1ncccc1-c1nc2c(S(C)(=O)=O)cccc2[nH]1. The first kappa shape index (κ1) is 13.6. The smallest absolute Gasteiger partial charge is 0.224 e. The van der Waals surface area contributed by atoms with Gasteiger partial charge < -0.3 is 9.72 Å². The molecule has 0 radical (unpaired) electrons. The Hall–Kier alpha value is -2.41. The van der Waals surface area contributed by atoms with Crippen molar-refractivity contribution in [3.63, 3.8) is 0 Å². The van der Waals surface area contributed by atoms with Crippen molar-refractivity contribution in [3.8, 4) is 17.3 Å². The highest BCUT2D eigenvalue weighted by Crippen LogP contribution is 2.29. The van der Waals surface area contributed by atoms with E-state index >= 15 is 0 Å². The molecule has 6 nitrogen and oxygen atoms in total. The molecule has 108 valence electrons. The van der Waals surface area contributed by atoms with Crippen LogP contribution in [0, 0.1) is 0 Å². The van der Waals surface area contributed by atoms with E-state index in [0.29, 0.717) is 28.3 Å². The van der Waals surface area contributed by atoms with E-state index in [9.17, 15) is 8.42 Å². The number of fused-ring (bicyclic) bond motifs is 1.